The monoisotopic (exact) mass is 224 g/mol. The van der Waals surface area contributed by atoms with Crippen LogP contribution in [0.5, 0.6) is 0 Å². The fourth-order valence-electron chi connectivity index (χ4n) is 5.60. The second-order valence-electron chi connectivity index (χ2n) is 7.11. The molecule has 4 fully saturated rings. The van der Waals surface area contributed by atoms with E-state index in [0.717, 1.165) is 32.1 Å². The minimum atomic E-state index is -0.700. The van der Waals surface area contributed by atoms with Crippen molar-refractivity contribution in [3.63, 3.8) is 0 Å². The Labute approximate surface area is 95.9 Å². The van der Waals surface area contributed by atoms with Gasteiger partial charge in [0.25, 0.3) is 0 Å². The molecule has 0 aromatic heterocycles. The van der Waals surface area contributed by atoms with E-state index in [9.17, 15) is 9.90 Å². The van der Waals surface area contributed by atoms with Gasteiger partial charge in [-0.3, -0.25) is 4.79 Å². The molecule has 4 unspecified atom stereocenters. The smallest absolute Gasteiger partial charge is 0.303 e. The highest BCUT2D eigenvalue weighted by Crippen LogP contribution is 2.67. The lowest BCUT2D eigenvalue weighted by Gasteiger charge is -2.64. The number of hydrogen-bond donors (Lipinski definition) is 2. The Bertz CT molecular complexity index is 331. The van der Waals surface area contributed by atoms with Gasteiger partial charge in [0.2, 0.25) is 0 Å². The minimum Gasteiger partial charge on any atom is -0.481 e. The SMILES string of the molecule is CC12CC3CC(O)(C1)CC(CC(=O)O)(C3)C2. The van der Waals surface area contributed by atoms with E-state index < -0.39 is 11.6 Å². The van der Waals surface area contributed by atoms with Gasteiger partial charge in [0, 0.05) is 0 Å². The van der Waals surface area contributed by atoms with E-state index in [4.69, 9.17) is 5.11 Å². The first-order valence-corrected chi connectivity index (χ1v) is 6.27. The lowest BCUT2D eigenvalue weighted by Crippen LogP contribution is -2.59. The van der Waals surface area contributed by atoms with Gasteiger partial charge in [-0.2, -0.15) is 0 Å². The average molecular weight is 224 g/mol. The van der Waals surface area contributed by atoms with Crippen molar-refractivity contribution in [2.24, 2.45) is 16.7 Å². The molecule has 0 saturated heterocycles. The summed E-state index contributed by atoms with van der Waals surface area (Å²) in [6, 6.07) is 0. The predicted octanol–water partition coefficient (Wildman–Crippen LogP) is 2.18. The topological polar surface area (TPSA) is 57.5 Å². The zero-order valence-corrected chi connectivity index (χ0v) is 9.83. The lowest BCUT2D eigenvalue weighted by atomic mass is 9.42. The van der Waals surface area contributed by atoms with Gasteiger partial charge in [0.05, 0.1) is 12.0 Å². The number of carbonyl (C=O) groups is 1. The third kappa shape index (κ3) is 1.48. The van der Waals surface area contributed by atoms with Gasteiger partial charge in [0.1, 0.15) is 0 Å². The molecule has 0 amide bonds. The molecule has 2 N–H and O–H groups in total. The van der Waals surface area contributed by atoms with Gasteiger partial charge in [-0.1, -0.05) is 6.92 Å². The number of carboxylic acid groups (broad SMARTS) is 1. The molecule has 4 saturated carbocycles. The summed E-state index contributed by atoms with van der Waals surface area (Å²) in [5.41, 5.74) is -0.456. The normalized spacial score (nSPS) is 54.2. The molecule has 90 valence electrons. The van der Waals surface area contributed by atoms with Gasteiger partial charge in [-0.05, 0) is 55.3 Å². The quantitative estimate of drug-likeness (QED) is 0.756. The molecule has 0 aromatic rings. The second-order valence-corrected chi connectivity index (χ2v) is 7.11. The predicted molar refractivity (Wildman–Crippen MR) is 58.9 cm³/mol. The summed E-state index contributed by atoms with van der Waals surface area (Å²) < 4.78 is 0. The van der Waals surface area contributed by atoms with Crippen molar-refractivity contribution in [2.45, 2.75) is 57.5 Å². The first-order chi connectivity index (χ1) is 7.32. The number of aliphatic carboxylic acids is 1. The Hall–Kier alpha value is -0.570. The van der Waals surface area contributed by atoms with Gasteiger partial charge in [-0.15, -0.1) is 0 Å². The van der Waals surface area contributed by atoms with Crippen molar-refractivity contribution in [1.29, 1.82) is 0 Å². The van der Waals surface area contributed by atoms with E-state index >= 15 is 0 Å². The number of rotatable bonds is 2. The van der Waals surface area contributed by atoms with Crippen LogP contribution in [0.2, 0.25) is 0 Å². The number of hydrogen-bond acceptors (Lipinski definition) is 2. The van der Waals surface area contributed by atoms with E-state index in [0.29, 0.717) is 5.92 Å². The summed E-state index contributed by atoms with van der Waals surface area (Å²) in [7, 11) is 0. The number of carboxylic acids is 1. The highest BCUT2D eigenvalue weighted by atomic mass is 16.4. The Balaban J connectivity index is 1.95. The minimum absolute atomic E-state index is 0.102. The third-order valence-electron chi connectivity index (χ3n) is 4.96. The molecule has 4 atom stereocenters. The Morgan fingerprint density at radius 1 is 1.25 bits per heavy atom. The van der Waals surface area contributed by atoms with E-state index in [1.165, 1.54) is 6.42 Å². The van der Waals surface area contributed by atoms with Crippen molar-refractivity contribution < 1.29 is 15.0 Å². The van der Waals surface area contributed by atoms with Crippen molar-refractivity contribution >= 4 is 5.97 Å². The van der Waals surface area contributed by atoms with Gasteiger partial charge >= 0.3 is 5.97 Å². The van der Waals surface area contributed by atoms with Gasteiger partial charge in [0.15, 0.2) is 0 Å². The van der Waals surface area contributed by atoms with Crippen LogP contribution in [0.1, 0.15) is 51.9 Å². The van der Waals surface area contributed by atoms with Crippen molar-refractivity contribution in [1.82, 2.24) is 0 Å². The maximum Gasteiger partial charge on any atom is 0.303 e. The van der Waals surface area contributed by atoms with Crippen LogP contribution < -0.4 is 0 Å². The molecule has 3 heteroatoms. The third-order valence-corrected chi connectivity index (χ3v) is 4.96. The summed E-state index contributed by atoms with van der Waals surface area (Å²) in [5.74, 6) is -0.139. The molecule has 4 aliphatic carbocycles. The molecule has 16 heavy (non-hydrogen) atoms. The summed E-state index contributed by atoms with van der Waals surface area (Å²) in [4.78, 5) is 11.0. The molecule has 4 bridgehead atoms. The molecule has 0 spiro atoms. The van der Waals surface area contributed by atoms with Crippen LogP contribution in [-0.2, 0) is 4.79 Å². The first kappa shape index (κ1) is 10.6. The van der Waals surface area contributed by atoms with Gasteiger partial charge in [-0.25, -0.2) is 0 Å². The Kier molecular flexibility index (Phi) is 1.86. The van der Waals surface area contributed by atoms with Crippen LogP contribution in [0.15, 0.2) is 0 Å². The first-order valence-electron chi connectivity index (χ1n) is 6.27. The maximum absolute atomic E-state index is 11.0. The fraction of sp³-hybridized carbons (Fsp3) is 0.923. The van der Waals surface area contributed by atoms with Crippen LogP contribution >= 0.6 is 0 Å². The molecular weight excluding hydrogens is 204 g/mol. The summed E-state index contributed by atoms with van der Waals surface area (Å²) >= 11 is 0. The Morgan fingerprint density at radius 3 is 2.56 bits per heavy atom. The molecule has 4 rings (SSSR count). The molecular formula is C13H20O3. The summed E-state index contributed by atoms with van der Waals surface area (Å²) in [5, 5.41) is 19.6. The largest absolute Gasteiger partial charge is 0.481 e. The fourth-order valence-corrected chi connectivity index (χ4v) is 5.60. The molecule has 3 nitrogen and oxygen atoms in total. The van der Waals surface area contributed by atoms with Crippen molar-refractivity contribution in [3.05, 3.63) is 0 Å². The van der Waals surface area contributed by atoms with Crippen molar-refractivity contribution in [3.8, 4) is 0 Å². The maximum atomic E-state index is 11.0. The highest BCUT2D eigenvalue weighted by Gasteiger charge is 2.61. The molecule has 4 aliphatic rings. The molecule has 0 aliphatic heterocycles. The van der Waals surface area contributed by atoms with Crippen LogP contribution in [0.3, 0.4) is 0 Å². The van der Waals surface area contributed by atoms with E-state index in [-0.39, 0.29) is 17.3 Å². The van der Waals surface area contributed by atoms with E-state index in [1.807, 2.05) is 0 Å². The molecule has 0 radical (unpaired) electrons. The number of aliphatic hydroxyl groups is 1. The summed E-state index contributed by atoms with van der Waals surface area (Å²) in [6.07, 6.45) is 5.99. The van der Waals surface area contributed by atoms with Crippen LogP contribution in [0.4, 0.5) is 0 Å². The van der Waals surface area contributed by atoms with Crippen molar-refractivity contribution in [2.75, 3.05) is 0 Å². The van der Waals surface area contributed by atoms with E-state index in [1.54, 1.807) is 0 Å². The second kappa shape index (κ2) is 2.81. The average Bonchev–Trinajstić information content (AvgIpc) is 1.91. The van der Waals surface area contributed by atoms with E-state index in [2.05, 4.69) is 6.92 Å². The summed E-state index contributed by atoms with van der Waals surface area (Å²) in [6.45, 7) is 2.24. The lowest BCUT2D eigenvalue weighted by molar-refractivity contribution is -0.199. The zero-order valence-electron chi connectivity index (χ0n) is 9.83. The molecule has 0 aromatic carbocycles. The Morgan fingerprint density at radius 2 is 2.00 bits per heavy atom. The zero-order chi connectivity index (χ0) is 11.6. The van der Waals surface area contributed by atoms with Crippen LogP contribution in [0, 0.1) is 16.7 Å². The highest BCUT2D eigenvalue weighted by molar-refractivity contribution is 5.68. The standard InChI is InChI=1S/C13H20O3/c1-11-2-9-3-12(6-11,5-10(14)15)8-13(16,4-9)7-11/h9,16H,2-8H2,1H3,(H,14,15). The van der Waals surface area contributed by atoms with Crippen LogP contribution in [0.25, 0.3) is 0 Å². The molecule has 0 heterocycles. The van der Waals surface area contributed by atoms with Crippen LogP contribution in [-0.4, -0.2) is 21.8 Å². The van der Waals surface area contributed by atoms with Gasteiger partial charge < -0.3 is 10.2 Å².